The first-order valence-corrected chi connectivity index (χ1v) is 8.01. The van der Waals surface area contributed by atoms with E-state index in [1.54, 1.807) is 13.3 Å². The molecule has 1 saturated heterocycles. The Balaban J connectivity index is 1.53. The molecule has 122 valence electrons. The summed E-state index contributed by atoms with van der Waals surface area (Å²) in [5.74, 6) is 0.799. The van der Waals surface area contributed by atoms with E-state index >= 15 is 0 Å². The summed E-state index contributed by atoms with van der Waals surface area (Å²) in [5, 5.41) is 10.7. The Morgan fingerprint density at radius 2 is 2.22 bits per heavy atom. The van der Waals surface area contributed by atoms with Crippen molar-refractivity contribution in [2.24, 2.45) is 4.99 Å². The van der Waals surface area contributed by atoms with E-state index in [0.29, 0.717) is 12.6 Å². The van der Waals surface area contributed by atoms with Gasteiger partial charge in [0.15, 0.2) is 5.96 Å². The summed E-state index contributed by atoms with van der Waals surface area (Å²) in [7, 11) is 1.79. The molecule has 3 rings (SSSR count). The lowest BCUT2D eigenvalue weighted by atomic mass is 10.1. The van der Waals surface area contributed by atoms with Gasteiger partial charge >= 0.3 is 0 Å². The molecule has 0 aliphatic carbocycles. The first kappa shape index (κ1) is 15.4. The minimum atomic E-state index is 0.382. The molecule has 1 aromatic heterocycles. The fraction of sp³-hybridized carbons (Fsp3) is 0.412. The molecule has 1 aromatic carbocycles. The van der Waals surface area contributed by atoms with Crippen LogP contribution < -0.4 is 15.5 Å². The molecule has 2 N–H and O–H groups in total. The molecule has 1 aliphatic heterocycles. The molecular weight excluding hydrogens is 290 g/mol. The Hall–Kier alpha value is -2.50. The molecule has 0 radical (unpaired) electrons. The van der Waals surface area contributed by atoms with Crippen LogP contribution in [0.2, 0.25) is 0 Å². The normalized spacial score (nSPS) is 18.7. The average Bonchev–Trinajstić information content (AvgIpc) is 3.13. The molecule has 1 aliphatic rings. The number of aromatic nitrogens is 1. The van der Waals surface area contributed by atoms with Crippen LogP contribution in [0.25, 0.3) is 0 Å². The van der Waals surface area contributed by atoms with Gasteiger partial charge in [-0.25, -0.2) is 0 Å². The number of nitrogens with zero attached hydrogens (tertiary/aromatic N) is 3. The fourth-order valence-corrected chi connectivity index (χ4v) is 2.86. The standard InChI is InChI=1S/C17H23N5O/c1-18-17(19-12-14-9-11-23-21-14)20-15-6-5-10-22(13-15)16-7-3-2-4-8-16/h2-4,7-9,11,15H,5-6,10,12-13H2,1H3,(H2,18,19,20). The second kappa shape index (κ2) is 7.67. The van der Waals surface area contributed by atoms with Gasteiger partial charge in [0.1, 0.15) is 12.0 Å². The minimum Gasteiger partial charge on any atom is -0.369 e. The minimum absolute atomic E-state index is 0.382. The van der Waals surface area contributed by atoms with Crippen molar-refractivity contribution in [1.82, 2.24) is 15.8 Å². The third-order valence-corrected chi connectivity index (χ3v) is 4.04. The van der Waals surface area contributed by atoms with Gasteiger partial charge in [-0.2, -0.15) is 0 Å². The van der Waals surface area contributed by atoms with E-state index in [1.165, 1.54) is 12.1 Å². The van der Waals surface area contributed by atoms with Crippen LogP contribution >= 0.6 is 0 Å². The Morgan fingerprint density at radius 1 is 1.35 bits per heavy atom. The van der Waals surface area contributed by atoms with Gasteiger partial charge in [-0.05, 0) is 25.0 Å². The first-order chi connectivity index (χ1) is 11.3. The summed E-state index contributed by atoms with van der Waals surface area (Å²) >= 11 is 0. The summed E-state index contributed by atoms with van der Waals surface area (Å²) in [4.78, 5) is 6.72. The number of benzene rings is 1. The van der Waals surface area contributed by atoms with Crippen LogP contribution in [0.15, 0.2) is 52.2 Å². The maximum absolute atomic E-state index is 4.84. The second-order valence-electron chi connectivity index (χ2n) is 5.68. The maximum Gasteiger partial charge on any atom is 0.191 e. The van der Waals surface area contributed by atoms with Crippen LogP contribution in [0.4, 0.5) is 5.69 Å². The van der Waals surface area contributed by atoms with Crippen LogP contribution in [-0.2, 0) is 6.54 Å². The summed E-state index contributed by atoms with van der Waals surface area (Å²) in [6.07, 6.45) is 3.90. The van der Waals surface area contributed by atoms with Gasteiger partial charge in [0.2, 0.25) is 0 Å². The van der Waals surface area contributed by atoms with Crippen LogP contribution in [-0.4, -0.2) is 37.3 Å². The topological polar surface area (TPSA) is 65.7 Å². The van der Waals surface area contributed by atoms with E-state index in [-0.39, 0.29) is 0 Å². The van der Waals surface area contributed by atoms with Gasteiger partial charge in [0.05, 0.1) is 6.54 Å². The van der Waals surface area contributed by atoms with E-state index in [4.69, 9.17) is 4.52 Å². The molecular formula is C17H23N5O. The van der Waals surface area contributed by atoms with Crippen molar-refractivity contribution in [3.05, 3.63) is 48.4 Å². The maximum atomic E-state index is 4.84. The van der Waals surface area contributed by atoms with Crippen molar-refractivity contribution in [2.45, 2.75) is 25.4 Å². The van der Waals surface area contributed by atoms with Gasteiger partial charge in [-0.15, -0.1) is 0 Å². The zero-order chi connectivity index (χ0) is 15.9. The van der Waals surface area contributed by atoms with Gasteiger partial charge in [0.25, 0.3) is 0 Å². The monoisotopic (exact) mass is 313 g/mol. The highest BCUT2D eigenvalue weighted by atomic mass is 16.5. The van der Waals surface area contributed by atoms with Gasteiger partial charge in [-0.3, -0.25) is 4.99 Å². The third-order valence-electron chi connectivity index (χ3n) is 4.04. The fourth-order valence-electron chi connectivity index (χ4n) is 2.86. The molecule has 0 saturated carbocycles. The Bertz CT molecular complexity index is 611. The molecule has 0 bridgehead atoms. The number of aliphatic imine (C=N–C) groups is 1. The number of para-hydroxylation sites is 1. The Kier molecular flexibility index (Phi) is 5.13. The van der Waals surface area contributed by atoms with Crippen molar-refractivity contribution < 1.29 is 4.52 Å². The zero-order valence-electron chi connectivity index (χ0n) is 13.4. The highest BCUT2D eigenvalue weighted by molar-refractivity contribution is 5.80. The molecule has 23 heavy (non-hydrogen) atoms. The molecule has 6 nitrogen and oxygen atoms in total. The lowest BCUT2D eigenvalue weighted by Crippen LogP contribution is -2.51. The van der Waals surface area contributed by atoms with Crippen molar-refractivity contribution >= 4 is 11.6 Å². The number of nitrogens with one attached hydrogen (secondary N) is 2. The molecule has 1 unspecified atom stereocenters. The van der Waals surface area contributed by atoms with Crippen molar-refractivity contribution in [3.8, 4) is 0 Å². The average molecular weight is 313 g/mol. The third kappa shape index (κ3) is 4.25. The van der Waals surface area contributed by atoms with Crippen LogP contribution in [0.5, 0.6) is 0 Å². The van der Waals surface area contributed by atoms with E-state index in [0.717, 1.165) is 31.2 Å². The number of guanidine groups is 1. The second-order valence-corrected chi connectivity index (χ2v) is 5.68. The van der Waals surface area contributed by atoms with Crippen molar-refractivity contribution in [2.75, 3.05) is 25.0 Å². The van der Waals surface area contributed by atoms with Gasteiger partial charge in [0, 0.05) is 37.9 Å². The lowest BCUT2D eigenvalue weighted by molar-refractivity contribution is 0.410. The number of hydrogen-bond donors (Lipinski definition) is 2. The van der Waals surface area contributed by atoms with Crippen molar-refractivity contribution in [3.63, 3.8) is 0 Å². The van der Waals surface area contributed by atoms with Crippen LogP contribution in [0.3, 0.4) is 0 Å². The smallest absolute Gasteiger partial charge is 0.191 e. The van der Waals surface area contributed by atoms with E-state index in [1.807, 2.05) is 6.07 Å². The SMILES string of the molecule is CN=C(NCc1ccon1)NC1CCCN(c2ccccc2)C1. The van der Waals surface area contributed by atoms with E-state index in [2.05, 4.69) is 56.0 Å². The molecule has 1 atom stereocenters. The molecule has 1 fully saturated rings. The quantitative estimate of drug-likeness (QED) is 0.668. The zero-order valence-corrected chi connectivity index (χ0v) is 13.4. The summed E-state index contributed by atoms with van der Waals surface area (Å²) in [5.41, 5.74) is 2.15. The Morgan fingerprint density at radius 3 is 2.96 bits per heavy atom. The first-order valence-electron chi connectivity index (χ1n) is 8.01. The molecule has 2 heterocycles. The molecule has 0 spiro atoms. The molecule has 0 amide bonds. The van der Waals surface area contributed by atoms with Crippen LogP contribution in [0, 0.1) is 0 Å². The number of rotatable bonds is 4. The molecule has 6 heteroatoms. The largest absolute Gasteiger partial charge is 0.369 e. The molecule has 2 aromatic rings. The van der Waals surface area contributed by atoms with Gasteiger partial charge < -0.3 is 20.1 Å². The van der Waals surface area contributed by atoms with Crippen molar-refractivity contribution in [1.29, 1.82) is 0 Å². The predicted molar refractivity (Wildman–Crippen MR) is 91.5 cm³/mol. The van der Waals surface area contributed by atoms with E-state index < -0.39 is 0 Å². The number of hydrogen-bond acceptors (Lipinski definition) is 4. The van der Waals surface area contributed by atoms with Gasteiger partial charge in [-0.1, -0.05) is 23.4 Å². The highest BCUT2D eigenvalue weighted by Crippen LogP contribution is 2.19. The summed E-state index contributed by atoms with van der Waals surface area (Å²) in [6.45, 7) is 2.69. The number of anilines is 1. The van der Waals surface area contributed by atoms with Crippen LogP contribution in [0.1, 0.15) is 18.5 Å². The summed E-state index contributed by atoms with van der Waals surface area (Å²) < 4.78 is 4.84. The Labute approximate surface area is 136 Å². The lowest BCUT2D eigenvalue weighted by Gasteiger charge is -2.35. The van der Waals surface area contributed by atoms with E-state index in [9.17, 15) is 0 Å². The summed E-state index contributed by atoms with van der Waals surface area (Å²) in [6, 6.07) is 12.8. The number of piperidine rings is 1. The highest BCUT2D eigenvalue weighted by Gasteiger charge is 2.20. The predicted octanol–water partition coefficient (Wildman–Crippen LogP) is 2.01.